The van der Waals surface area contributed by atoms with Crippen LogP contribution in [0.5, 0.6) is 0 Å². The van der Waals surface area contributed by atoms with E-state index in [1.54, 1.807) is 0 Å². The highest BCUT2D eigenvalue weighted by molar-refractivity contribution is 7.89. The number of imide groups is 1. The lowest BCUT2D eigenvalue weighted by Gasteiger charge is -2.34. The Morgan fingerprint density at radius 3 is 2.43 bits per heavy atom. The van der Waals surface area contributed by atoms with Gasteiger partial charge in [0.1, 0.15) is 11.9 Å². The Kier molecular flexibility index (Phi) is 5.12. The van der Waals surface area contributed by atoms with E-state index in [4.69, 9.17) is 5.84 Å². The average Bonchev–Trinajstić information content (AvgIpc) is 2.53. The maximum atomic E-state index is 13.0. The van der Waals surface area contributed by atoms with Gasteiger partial charge in [0.2, 0.25) is 15.9 Å². The number of amides is 2. The van der Waals surface area contributed by atoms with Gasteiger partial charge in [-0.15, -0.1) is 0 Å². The predicted molar refractivity (Wildman–Crippen MR) is 79.6 cm³/mol. The molecule has 0 unspecified atom stereocenters. The van der Waals surface area contributed by atoms with Crippen molar-refractivity contribution in [3.63, 3.8) is 0 Å². The molecular formula is C14H18FN3O4S. The number of rotatable bonds is 3. The first-order chi connectivity index (χ1) is 10.7. The standard InChI is InChI=1S/C14H18FN3O4S/c1-10(19)18(16)14(20)13-4-2-3-9-17(13)23(21,22)12-7-5-11(15)6-8-12/h5-8,13H,2-4,9,16H2,1H3/t13-/m0/s1. The molecule has 7 nitrogen and oxygen atoms in total. The van der Waals surface area contributed by atoms with Crippen LogP contribution in [0.3, 0.4) is 0 Å². The van der Waals surface area contributed by atoms with Crippen molar-refractivity contribution in [3.8, 4) is 0 Å². The Bertz CT molecular complexity index is 705. The molecule has 0 radical (unpaired) electrons. The van der Waals surface area contributed by atoms with E-state index >= 15 is 0 Å². The van der Waals surface area contributed by atoms with Gasteiger partial charge in [-0.25, -0.2) is 23.7 Å². The lowest BCUT2D eigenvalue weighted by molar-refractivity contribution is -0.147. The number of hydrazine groups is 1. The van der Waals surface area contributed by atoms with E-state index in [-0.39, 0.29) is 17.9 Å². The molecule has 23 heavy (non-hydrogen) atoms. The van der Waals surface area contributed by atoms with Crippen molar-refractivity contribution in [3.05, 3.63) is 30.1 Å². The van der Waals surface area contributed by atoms with Crippen LogP contribution in [0.15, 0.2) is 29.2 Å². The summed E-state index contributed by atoms with van der Waals surface area (Å²) in [5, 5.41) is 0.434. The Hall–Kier alpha value is -1.84. The van der Waals surface area contributed by atoms with Crippen LogP contribution >= 0.6 is 0 Å². The molecule has 2 rings (SSSR count). The number of nitrogens with zero attached hydrogens (tertiary/aromatic N) is 2. The van der Waals surface area contributed by atoms with Crippen LogP contribution in [0.1, 0.15) is 26.2 Å². The molecule has 1 aliphatic rings. The van der Waals surface area contributed by atoms with Gasteiger partial charge in [0.15, 0.2) is 0 Å². The molecule has 1 aromatic carbocycles. The van der Waals surface area contributed by atoms with Crippen LogP contribution in [0.4, 0.5) is 4.39 Å². The lowest BCUT2D eigenvalue weighted by Crippen LogP contribution is -2.55. The summed E-state index contributed by atoms with van der Waals surface area (Å²) in [4.78, 5) is 23.5. The summed E-state index contributed by atoms with van der Waals surface area (Å²) in [5.41, 5.74) is 0. The van der Waals surface area contributed by atoms with Crippen LogP contribution in [0.2, 0.25) is 0 Å². The van der Waals surface area contributed by atoms with Gasteiger partial charge in [-0.3, -0.25) is 9.59 Å². The largest absolute Gasteiger partial charge is 0.273 e. The molecule has 0 aliphatic carbocycles. The molecule has 1 heterocycles. The van der Waals surface area contributed by atoms with Gasteiger partial charge in [0.05, 0.1) is 4.90 Å². The number of benzene rings is 1. The zero-order valence-electron chi connectivity index (χ0n) is 12.6. The molecule has 9 heteroatoms. The first-order valence-corrected chi connectivity index (χ1v) is 8.56. The second-order valence-corrected chi connectivity index (χ2v) is 7.20. The maximum Gasteiger partial charge on any atom is 0.261 e. The summed E-state index contributed by atoms with van der Waals surface area (Å²) in [6.07, 6.45) is 1.52. The Balaban J connectivity index is 2.35. The van der Waals surface area contributed by atoms with Crippen molar-refractivity contribution in [1.29, 1.82) is 0 Å². The summed E-state index contributed by atoms with van der Waals surface area (Å²) in [6, 6.07) is 3.34. The monoisotopic (exact) mass is 343 g/mol. The number of carbonyl (C=O) groups is 2. The second-order valence-electron chi connectivity index (χ2n) is 5.31. The number of hydrogen-bond acceptors (Lipinski definition) is 5. The number of piperidine rings is 1. The van der Waals surface area contributed by atoms with E-state index in [0.717, 1.165) is 35.5 Å². The van der Waals surface area contributed by atoms with E-state index in [9.17, 15) is 22.4 Å². The van der Waals surface area contributed by atoms with Crippen LogP contribution in [0, 0.1) is 5.82 Å². The minimum Gasteiger partial charge on any atom is -0.273 e. The molecule has 1 atom stereocenters. The molecule has 2 N–H and O–H groups in total. The van der Waals surface area contributed by atoms with Crippen molar-refractivity contribution in [1.82, 2.24) is 9.31 Å². The van der Waals surface area contributed by atoms with Gasteiger partial charge >= 0.3 is 0 Å². The third kappa shape index (κ3) is 3.57. The molecule has 1 fully saturated rings. The lowest BCUT2D eigenvalue weighted by atomic mass is 10.0. The molecular weight excluding hydrogens is 325 g/mol. The number of carbonyl (C=O) groups excluding carboxylic acids is 2. The number of nitrogens with two attached hydrogens (primary N) is 1. The zero-order chi connectivity index (χ0) is 17.2. The van der Waals surface area contributed by atoms with E-state index in [1.165, 1.54) is 0 Å². The van der Waals surface area contributed by atoms with Crippen molar-refractivity contribution in [2.24, 2.45) is 5.84 Å². The van der Waals surface area contributed by atoms with E-state index < -0.39 is 33.7 Å². The molecule has 0 aromatic heterocycles. The molecule has 126 valence electrons. The molecule has 1 aliphatic heterocycles. The third-order valence-corrected chi connectivity index (χ3v) is 5.66. The highest BCUT2D eigenvalue weighted by Crippen LogP contribution is 2.26. The average molecular weight is 343 g/mol. The van der Waals surface area contributed by atoms with Crippen LogP contribution in [-0.4, -0.2) is 42.1 Å². The number of hydrogen-bond donors (Lipinski definition) is 1. The quantitative estimate of drug-likeness (QED) is 0.492. The molecule has 2 amide bonds. The van der Waals surface area contributed by atoms with Crippen molar-refractivity contribution < 1.29 is 22.4 Å². The van der Waals surface area contributed by atoms with Crippen molar-refractivity contribution in [2.75, 3.05) is 6.54 Å². The summed E-state index contributed by atoms with van der Waals surface area (Å²) in [6.45, 7) is 1.27. The zero-order valence-corrected chi connectivity index (χ0v) is 13.4. The normalized spacial score (nSPS) is 19.3. The van der Waals surface area contributed by atoms with Gasteiger partial charge in [-0.05, 0) is 37.1 Å². The van der Waals surface area contributed by atoms with E-state index in [0.29, 0.717) is 17.9 Å². The number of halogens is 1. The fourth-order valence-corrected chi connectivity index (χ4v) is 4.15. The fourth-order valence-electron chi connectivity index (χ4n) is 2.50. The van der Waals surface area contributed by atoms with Crippen LogP contribution < -0.4 is 5.84 Å². The predicted octanol–water partition coefficient (Wildman–Crippen LogP) is 0.618. The van der Waals surface area contributed by atoms with E-state index in [2.05, 4.69) is 0 Å². The van der Waals surface area contributed by atoms with Gasteiger partial charge in [0, 0.05) is 13.5 Å². The van der Waals surface area contributed by atoms with E-state index in [1.807, 2.05) is 0 Å². The summed E-state index contributed by atoms with van der Waals surface area (Å²) in [7, 11) is -3.98. The smallest absolute Gasteiger partial charge is 0.261 e. The van der Waals surface area contributed by atoms with Gasteiger partial charge in [0.25, 0.3) is 5.91 Å². The Labute approximate surface area is 133 Å². The topological polar surface area (TPSA) is 101 Å². The SMILES string of the molecule is CC(=O)N(N)C(=O)[C@@H]1CCCCN1S(=O)(=O)c1ccc(F)cc1. The summed E-state index contributed by atoms with van der Waals surface area (Å²) < 4.78 is 39.5. The minimum absolute atomic E-state index is 0.106. The van der Waals surface area contributed by atoms with Crippen LogP contribution in [0.25, 0.3) is 0 Å². The molecule has 1 aromatic rings. The maximum absolute atomic E-state index is 13.0. The highest BCUT2D eigenvalue weighted by Gasteiger charge is 2.39. The Morgan fingerprint density at radius 2 is 1.87 bits per heavy atom. The van der Waals surface area contributed by atoms with Crippen LogP contribution in [-0.2, 0) is 19.6 Å². The first kappa shape index (κ1) is 17.5. The molecule has 0 bridgehead atoms. The third-order valence-electron chi connectivity index (χ3n) is 3.74. The van der Waals surface area contributed by atoms with Crippen molar-refractivity contribution in [2.45, 2.75) is 37.1 Å². The minimum atomic E-state index is -3.98. The molecule has 0 spiro atoms. The first-order valence-electron chi connectivity index (χ1n) is 7.12. The highest BCUT2D eigenvalue weighted by atomic mass is 32.2. The van der Waals surface area contributed by atoms with Gasteiger partial charge in [-0.1, -0.05) is 6.42 Å². The fraction of sp³-hybridized carbons (Fsp3) is 0.429. The van der Waals surface area contributed by atoms with Gasteiger partial charge in [-0.2, -0.15) is 4.31 Å². The van der Waals surface area contributed by atoms with Gasteiger partial charge < -0.3 is 0 Å². The second kappa shape index (κ2) is 6.73. The number of sulfonamides is 1. The molecule has 0 saturated carbocycles. The summed E-state index contributed by atoms with van der Waals surface area (Å²) >= 11 is 0. The Morgan fingerprint density at radius 1 is 1.26 bits per heavy atom. The molecule has 1 saturated heterocycles. The summed E-state index contributed by atoms with van der Waals surface area (Å²) in [5.74, 6) is 3.43. The van der Waals surface area contributed by atoms with Crippen molar-refractivity contribution >= 4 is 21.8 Å².